The van der Waals surface area contributed by atoms with E-state index in [-0.39, 0.29) is 12.1 Å². The summed E-state index contributed by atoms with van der Waals surface area (Å²) in [5.74, 6) is 0. The Hall–Kier alpha value is -1.66. The van der Waals surface area contributed by atoms with Gasteiger partial charge in [0.15, 0.2) is 0 Å². The molecule has 0 radical (unpaired) electrons. The Morgan fingerprint density at radius 1 is 1.32 bits per heavy atom. The maximum absolute atomic E-state index is 12.8. The van der Waals surface area contributed by atoms with E-state index in [1.807, 2.05) is 10.8 Å². The van der Waals surface area contributed by atoms with Gasteiger partial charge in [-0.15, -0.1) is 0 Å². The Kier molecular flexibility index (Phi) is 4.34. The summed E-state index contributed by atoms with van der Waals surface area (Å²) in [6.45, 7) is 0.167. The van der Waals surface area contributed by atoms with E-state index in [1.165, 1.54) is 23.5 Å². The number of aliphatic hydroxyl groups excluding tert-OH is 1. The van der Waals surface area contributed by atoms with Gasteiger partial charge in [-0.3, -0.25) is 0 Å². The maximum Gasteiger partial charge on any atom is 0.265 e. The Labute approximate surface area is 113 Å². The molecule has 1 unspecified atom stereocenters. The van der Waals surface area contributed by atoms with Crippen molar-refractivity contribution in [1.82, 2.24) is 0 Å². The highest BCUT2D eigenvalue weighted by Crippen LogP contribution is 2.29. The largest absolute Gasteiger partial charge is 0.399 e. The molecule has 1 atom stereocenters. The number of anilines is 2. The summed E-state index contributed by atoms with van der Waals surface area (Å²) in [6, 6.07) is 6.08. The summed E-state index contributed by atoms with van der Waals surface area (Å²) in [4.78, 5) is 0. The van der Waals surface area contributed by atoms with Gasteiger partial charge in [-0.05, 0) is 40.6 Å². The lowest BCUT2D eigenvalue weighted by Crippen LogP contribution is -2.13. The van der Waals surface area contributed by atoms with Crippen LogP contribution in [0.1, 0.15) is 23.7 Å². The SMILES string of the molecule is Nc1ccc(NCC(O)c2ccsc2)c(C(F)F)c1. The molecule has 0 fully saturated rings. The number of nitrogens with two attached hydrogens (primary N) is 1. The number of benzene rings is 1. The molecular formula is C13H14F2N2OS. The third-order valence-corrected chi connectivity index (χ3v) is 3.43. The first-order chi connectivity index (χ1) is 9.08. The van der Waals surface area contributed by atoms with Crippen LogP contribution in [0.25, 0.3) is 0 Å². The first-order valence-corrected chi connectivity index (χ1v) is 6.64. The number of rotatable bonds is 5. The molecule has 19 heavy (non-hydrogen) atoms. The second kappa shape index (κ2) is 5.99. The molecule has 1 aromatic carbocycles. The van der Waals surface area contributed by atoms with Gasteiger partial charge in [0.2, 0.25) is 0 Å². The molecule has 0 aliphatic carbocycles. The first-order valence-electron chi connectivity index (χ1n) is 5.69. The van der Waals surface area contributed by atoms with Gasteiger partial charge in [0.1, 0.15) is 0 Å². The molecule has 0 bridgehead atoms. The molecule has 0 aliphatic rings. The summed E-state index contributed by atoms with van der Waals surface area (Å²) in [6.07, 6.45) is -3.33. The number of hydrogen-bond donors (Lipinski definition) is 3. The lowest BCUT2D eigenvalue weighted by Gasteiger charge is -2.15. The molecule has 0 saturated heterocycles. The second-order valence-electron chi connectivity index (χ2n) is 4.10. The lowest BCUT2D eigenvalue weighted by atomic mass is 10.1. The van der Waals surface area contributed by atoms with E-state index in [0.29, 0.717) is 11.4 Å². The highest BCUT2D eigenvalue weighted by Gasteiger charge is 2.14. The average molecular weight is 284 g/mol. The Morgan fingerprint density at radius 3 is 2.74 bits per heavy atom. The Balaban J connectivity index is 2.07. The van der Waals surface area contributed by atoms with Gasteiger partial charge >= 0.3 is 0 Å². The minimum absolute atomic E-state index is 0.155. The van der Waals surface area contributed by atoms with Crippen molar-refractivity contribution in [1.29, 1.82) is 0 Å². The average Bonchev–Trinajstić information content (AvgIpc) is 2.90. The van der Waals surface area contributed by atoms with E-state index < -0.39 is 12.5 Å². The van der Waals surface area contributed by atoms with E-state index in [9.17, 15) is 13.9 Å². The van der Waals surface area contributed by atoms with E-state index in [4.69, 9.17) is 5.73 Å². The number of nitrogens with one attached hydrogen (secondary N) is 1. The Bertz CT molecular complexity index is 531. The zero-order valence-corrected chi connectivity index (χ0v) is 10.8. The predicted molar refractivity (Wildman–Crippen MR) is 73.6 cm³/mol. The fraction of sp³-hybridized carbons (Fsp3) is 0.231. The molecule has 2 aromatic rings. The maximum atomic E-state index is 12.8. The molecule has 0 spiro atoms. The van der Waals surface area contributed by atoms with Crippen LogP contribution in [0.5, 0.6) is 0 Å². The molecular weight excluding hydrogens is 270 g/mol. The van der Waals surface area contributed by atoms with Crippen LogP contribution in [0.4, 0.5) is 20.2 Å². The topological polar surface area (TPSA) is 58.3 Å². The number of halogens is 2. The van der Waals surface area contributed by atoms with Crippen molar-refractivity contribution in [3.05, 3.63) is 46.2 Å². The van der Waals surface area contributed by atoms with Crippen molar-refractivity contribution < 1.29 is 13.9 Å². The van der Waals surface area contributed by atoms with Gasteiger partial charge in [-0.1, -0.05) is 0 Å². The van der Waals surface area contributed by atoms with Crippen molar-refractivity contribution in [2.24, 2.45) is 0 Å². The van der Waals surface area contributed by atoms with Gasteiger partial charge in [0.25, 0.3) is 6.43 Å². The minimum atomic E-state index is -2.61. The first kappa shape index (κ1) is 13.8. The molecule has 2 rings (SSSR count). The molecule has 6 heteroatoms. The number of thiophene rings is 1. The zero-order valence-electron chi connectivity index (χ0n) is 10.0. The number of nitrogen functional groups attached to an aromatic ring is 1. The van der Waals surface area contributed by atoms with Crippen molar-refractivity contribution in [2.45, 2.75) is 12.5 Å². The lowest BCUT2D eigenvalue weighted by molar-refractivity contribution is 0.152. The van der Waals surface area contributed by atoms with Crippen LogP contribution in [-0.4, -0.2) is 11.7 Å². The molecule has 102 valence electrons. The van der Waals surface area contributed by atoms with E-state index in [2.05, 4.69) is 5.32 Å². The van der Waals surface area contributed by atoms with Crippen molar-refractivity contribution >= 4 is 22.7 Å². The summed E-state index contributed by atoms with van der Waals surface area (Å²) in [7, 11) is 0. The highest BCUT2D eigenvalue weighted by atomic mass is 32.1. The normalized spacial score (nSPS) is 12.6. The van der Waals surface area contributed by atoms with E-state index in [1.54, 1.807) is 12.1 Å². The van der Waals surface area contributed by atoms with Crippen LogP contribution in [-0.2, 0) is 0 Å². The second-order valence-corrected chi connectivity index (χ2v) is 4.88. The van der Waals surface area contributed by atoms with Crippen molar-refractivity contribution in [2.75, 3.05) is 17.6 Å². The fourth-order valence-corrected chi connectivity index (χ4v) is 2.42. The van der Waals surface area contributed by atoms with Gasteiger partial charge in [-0.2, -0.15) is 11.3 Å². The van der Waals surface area contributed by atoms with Crippen molar-refractivity contribution in [3.63, 3.8) is 0 Å². The summed E-state index contributed by atoms with van der Waals surface area (Å²) in [5, 5.41) is 16.4. The number of aliphatic hydroxyl groups is 1. The van der Waals surface area contributed by atoms with E-state index in [0.717, 1.165) is 5.56 Å². The zero-order chi connectivity index (χ0) is 13.8. The van der Waals surface area contributed by atoms with Crippen LogP contribution >= 0.6 is 11.3 Å². The standard InChI is InChI=1S/C13H14F2N2OS/c14-13(15)10-5-9(16)1-2-11(10)17-6-12(18)8-3-4-19-7-8/h1-5,7,12-13,17-18H,6,16H2. The highest BCUT2D eigenvalue weighted by molar-refractivity contribution is 7.07. The summed E-state index contributed by atoms with van der Waals surface area (Å²) < 4.78 is 25.7. The monoisotopic (exact) mass is 284 g/mol. The smallest absolute Gasteiger partial charge is 0.265 e. The Morgan fingerprint density at radius 2 is 2.11 bits per heavy atom. The van der Waals surface area contributed by atoms with Crippen LogP contribution in [0.2, 0.25) is 0 Å². The van der Waals surface area contributed by atoms with Gasteiger partial charge in [0, 0.05) is 23.5 Å². The van der Waals surface area contributed by atoms with Crippen molar-refractivity contribution in [3.8, 4) is 0 Å². The van der Waals surface area contributed by atoms with Gasteiger partial charge in [-0.25, -0.2) is 8.78 Å². The summed E-state index contributed by atoms with van der Waals surface area (Å²) >= 11 is 1.48. The number of hydrogen-bond acceptors (Lipinski definition) is 4. The molecule has 0 aliphatic heterocycles. The molecule has 1 heterocycles. The van der Waals surface area contributed by atoms with Gasteiger partial charge in [0.05, 0.1) is 6.10 Å². The van der Waals surface area contributed by atoms with Crippen LogP contribution in [0.15, 0.2) is 35.0 Å². The fourth-order valence-electron chi connectivity index (χ4n) is 1.71. The quantitative estimate of drug-likeness (QED) is 0.737. The molecule has 4 N–H and O–H groups in total. The predicted octanol–water partition coefficient (Wildman–Crippen LogP) is 3.41. The molecule has 0 amide bonds. The van der Waals surface area contributed by atoms with E-state index >= 15 is 0 Å². The van der Waals surface area contributed by atoms with Gasteiger partial charge < -0.3 is 16.2 Å². The molecule has 3 nitrogen and oxygen atoms in total. The molecule has 1 aromatic heterocycles. The van der Waals surface area contributed by atoms with Crippen LogP contribution in [0.3, 0.4) is 0 Å². The minimum Gasteiger partial charge on any atom is -0.399 e. The third kappa shape index (κ3) is 3.42. The number of alkyl halides is 2. The van der Waals surface area contributed by atoms with Crippen LogP contribution in [0, 0.1) is 0 Å². The third-order valence-electron chi connectivity index (χ3n) is 2.72. The molecule has 0 saturated carbocycles. The summed E-state index contributed by atoms with van der Waals surface area (Å²) in [5.41, 5.74) is 6.69. The van der Waals surface area contributed by atoms with Crippen LogP contribution < -0.4 is 11.1 Å².